The molecule has 0 unspecified atom stereocenters. The molecule has 0 fully saturated rings. The molecule has 0 spiro atoms. The number of hydrogen-bond acceptors (Lipinski definition) is 2. The molecular formula is C30H22BO2. The van der Waals surface area contributed by atoms with Crippen LogP contribution in [0, 0.1) is 0 Å². The molecule has 0 amide bonds. The summed E-state index contributed by atoms with van der Waals surface area (Å²) < 4.78 is 4.97. The number of hydrogen-bond donors (Lipinski definition) is 1. The van der Waals surface area contributed by atoms with Gasteiger partial charge in [-0.25, -0.2) is 0 Å². The maximum absolute atomic E-state index is 8.73. The lowest BCUT2D eigenvalue weighted by atomic mass is 9.97. The molecule has 0 aliphatic rings. The van der Waals surface area contributed by atoms with Crippen LogP contribution in [0.2, 0.25) is 0 Å². The third-order valence-corrected chi connectivity index (χ3v) is 5.80. The topological polar surface area (TPSA) is 29.5 Å². The van der Waals surface area contributed by atoms with Gasteiger partial charge in [-0.3, -0.25) is 0 Å². The van der Waals surface area contributed by atoms with Crippen LogP contribution in [0.5, 0.6) is 5.75 Å². The molecule has 1 radical (unpaired) electrons. The number of benzene rings is 5. The Bertz CT molecular complexity index is 1310. The van der Waals surface area contributed by atoms with Gasteiger partial charge in [-0.15, -0.1) is 0 Å². The molecule has 157 valence electrons. The Balaban J connectivity index is 1.31. The third-order valence-electron chi connectivity index (χ3n) is 5.80. The van der Waals surface area contributed by atoms with Crippen molar-refractivity contribution < 1.29 is 9.68 Å². The van der Waals surface area contributed by atoms with Crippen LogP contribution >= 0.6 is 0 Å². The highest BCUT2D eigenvalue weighted by molar-refractivity contribution is 6.17. The predicted molar refractivity (Wildman–Crippen MR) is 137 cm³/mol. The Morgan fingerprint density at radius 3 is 0.939 bits per heavy atom. The molecule has 0 aliphatic heterocycles. The van der Waals surface area contributed by atoms with Gasteiger partial charge in [0.2, 0.25) is 0 Å². The summed E-state index contributed by atoms with van der Waals surface area (Å²) in [5.41, 5.74) is 9.48. The molecule has 5 aromatic rings. The van der Waals surface area contributed by atoms with Crippen LogP contribution in [-0.2, 0) is 0 Å². The molecule has 1 N–H and O–H groups in total. The van der Waals surface area contributed by atoms with Gasteiger partial charge in [-0.05, 0) is 56.6 Å². The van der Waals surface area contributed by atoms with Crippen molar-refractivity contribution in [1.82, 2.24) is 0 Å². The van der Waals surface area contributed by atoms with Crippen LogP contribution < -0.4 is 4.65 Å². The van der Waals surface area contributed by atoms with Crippen molar-refractivity contribution in [1.29, 1.82) is 0 Å². The summed E-state index contributed by atoms with van der Waals surface area (Å²) >= 11 is 0. The molecule has 5 rings (SSSR count). The minimum Gasteiger partial charge on any atom is -0.537 e. The lowest BCUT2D eigenvalue weighted by molar-refractivity contribution is 0.454. The number of rotatable bonds is 6. The van der Waals surface area contributed by atoms with E-state index >= 15 is 0 Å². The fourth-order valence-corrected chi connectivity index (χ4v) is 3.98. The highest BCUT2D eigenvalue weighted by atomic mass is 16.5. The highest BCUT2D eigenvalue weighted by Gasteiger charge is 2.04. The first kappa shape index (κ1) is 20.8. The average molecular weight is 425 g/mol. The summed E-state index contributed by atoms with van der Waals surface area (Å²) in [6.07, 6.45) is 0. The van der Waals surface area contributed by atoms with Gasteiger partial charge in [0.1, 0.15) is 5.75 Å². The minimum atomic E-state index is 0.604. The molecule has 3 heteroatoms. The molecule has 0 atom stereocenters. The standard InChI is InChI=1S/C30H22BO2/c32-31-33-30-20-18-29(19-21-30)28-16-14-27(15-17-28)26-12-10-25(11-13-26)24-8-6-23(7-9-24)22-4-2-1-3-5-22/h1-21,32H. The van der Waals surface area contributed by atoms with Crippen LogP contribution in [0.15, 0.2) is 127 Å². The summed E-state index contributed by atoms with van der Waals surface area (Å²) in [4.78, 5) is 0. The summed E-state index contributed by atoms with van der Waals surface area (Å²) in [7, 11) is 0.689. The zero-order chi connectivity index (χ0) is 22.5. The smallest absolute Gasteiger partial charge is 0.537 e. The molecule has 0 saturated heterocycles. The third kappa shape index (κ3) is 4.74. The second kappa shape index (κ2) is 9.60. The van der Waals surface area contributed by atoms with Crippen molar-refractivity contribution in [2.24, 2.45) is 0 Å². The second-order valence-corrected chi connectivity index (χ2v) is 7.85. The molecule has 0 aliphatic carbocycles. The van der Waals surface area contributed by atoms with E-state index in [9.17, 15) is 0 Å². The summed E-state index contributed by atoms with van der Waals surface area (Å²) in [6, 6.07) is 44.0. The van der Waals surface area contributed by atoms with E-state index in [0.29, 0.717) is 13.4 Å². The van der Waals surface area contributed by atoms with Crippen molar-refractivity contribution in [2.45, 2.75) is 0 Å². The van der Waals surface area contributed by atoms with Gasteiger partial charge in [0.25, 0.3) is 0 Å². The normalized spacial score (nSPS) is 10.6. The van der Waals surface area contributed by atoms with Crippen LogP contribution in [0.4, 0.5) is 0 Å². The van der Waals surface area contributed by atoms with Gasteiger partial charge in [0.15, 0.2) is 0 Å². The Hall–Kier alpha value is -4.08. The predicted octanol–water partition coefficient (Wildman–Crippen LogP) is 7.26. The second-order valence-electron chi connectivity index (χ2n) is 7.85. The van der Waals surface area contributed by atoms with Gasteiger partial charge in [-0.1, -0.05) is 115 Å². The van der Waals surface area contributed by atoms with E-state index in [1.165, 1.54) is 33.4 Å². The molecule has 0 heterocycles. The largest absolute Gasteiger partial charge is 0.569 e. The van der Waals surface area contributed by atoms with Crippen LogP contribution in [0.3, 0.4) is 0 Å². The van der Waals surface area contributed by atoms with E-state index in [-0.39, 0.29) is 0 Å². The maximum Gasteiger partial charge on any atom is 0.569 e. The van der Waals surface area contributed by atoms with Gasteiger partial charge in [0, 0.05) is 0 Å². The minimum absolute atomic E-state index is 0.604. The van der Waals surface area contributed by atoms with Gasteiger partial charge in [0.05, 0.1) is 0 Å². The van der Waals surface area contributed by atoms with E-state index in [2.05, 4.69) is 97.1 Å². The van der Waals surface area contributed by atoms with E-state index in [4.69, 9.17) is 9.68 Å². The first-order valence-corrected chi connectivity index (χ1v) is 10.9. The summed E-state index contributed by atoms with van der Waals surface area (Å²) in [5.74, 6) is 0.604. The lowest BCUT2D eigenvalue weighted by Crippen LogP contribution is -1.99. The average Bonchev–Trinajstić information content (AvgIpc) is 2.90. The Morgan fingerprint density at radius 1 is 0.364 bits per heavy atom. The first-order chi connectivity index (χ1) is 16.3. The van der Waals surface area contributed by atoms with E-state index < -0.39 is 0 Å². The fourth-order valence-electron chi connectivity index (χ4n) is 3.98. The molecular weight excluding hydrogens is 403 g/mol. The Kier molecular flexibility index (Phi) is 6.05. The molecule has 0 saturated carbocycles. The first-order valence-electron chi connectivity index (χ1n) is 10.9. The highest BCUT2D eigenvalue weighted by Crippen LogP contribution is 2.29. The monoisotopic (exact) mass is 425 g/mol. The van der Waals surface area contributed by atoms with Gasteiger partial charge >= 0.3 is 7.69 Å². The van der Waals surface area contributed by atoms with Crippen molar-refractivity contribution in [3.05, 3.63) is 127 Å². The van der Waals surface area contributed by atoms with Gasteiger partial charge in [-0.2, -0.15) is 0 Å². The lowest BCUT2D eigenvalue weighted by Gasteiger charge is -2.08. The summed E-state index contributed by atoms with van der Waals surface area (Å²) in [5, 5.41) is 8.73. The quantitative estimate of drug-likeness (QED) is 0.290. The zero-order valence-electron chi connectivity index (χ0n) is 18.1. The van der Waals surface area contributed by atoms with Crippen molar-refractivity contribution in [3.8, 4) is 50.3 Å². The molecule has 33 heavy (non-hydrogen) atoms. The Labute approximate surface area is 195 Å². The fraction of sp³-hybridized carbons (Fsp3) is 0. The molecule has 5 aromatic carbocycles. The molecule has 0 aromatic heterocycles. The van der Waals surface area contributed by atoms with Crippen molar-refractivity contribution in [3.63, 3.8) is 0 Å². The molecule has 2 nitrogen and oxygen atoms in total. The van der Waals surface area contributed by atoms with Gasteiger partial charge < -0.3 is 9.68 Å². The maximum atomic E-state index is 8.73. The van der Waals surface area contributed by atoms with E-state index in [0.717, 1.165) is 11.1 Å². The van der Waals surface area contributed by atoms with E-state index in [1.807, 2.05) is 30.3 Å². The zero-order valence-corrected chi connectivity index (χ0v) is 18.1. The van der Waals surface area contributed by atoms with Crippen LogP contribution in [0.25, 0.3) is 44.5 Å². The van der Waals surface area contributed by atoms with Crippen LogP contribution in [0.1, 0.15) is 0 Å². The van der Waals surface area contributed by atoms with Crippen LogP contribution in [-0.4, -0.2) is 12.7 Å². The van der Waals surface area contributed by atoms with Crippen molar-refractivity contribution in [2.75, 3.05) is 0 Å². The molecule has 0 bridgehead atoms. The Morgan fingerprint density at radius 2 is 0.636 bits per heavy atom. The summed E-state index contributed by atoms with van der Waals surface area (Å²) in [6.45, 7) is 0. The SMILES string of the molecule is O[B]Oc1ccc(-c2ccc(-c3ccc(-c4ccc(-c5ccccc5)cc4)cc3)cc2)cc1. The van der Waals surface area contributed by atoms with Crippen molar-refractivity contribution >= 4 is 7.69 Å². The van der Waals surface area contributed by atoms with E-state index in [1.54, 1.807) is 0 Å².